The summed E-state index contributed by atoms with van der Waals surface area (Å²) in [6, 6.07) is 13.9. The summed E-state index contributed by atoms with van der Waals surface area (Å²) in [4.78, 5) is 27.2. The normalized spacial score (nSPS) is 21.8. The third kappa shape index (κ3) is 3.24. The van der Waals surface area contributed by atoms with Gasteiger partial charge in [-0.1, -0.05) is 36.4 Å². The molecule has 5 heteroatoms. The van der Waals surface area contributed by atoms with E-state index in [1.807, 2.05) is 47.4 Å². The summed E-state index contributed by atoms with van der Waals surface area (Å²) < 4.78 is 5.52. The van der Waals surface area contributed by atoms with Gasteiger partial charge in [0.15, 0.2) is 6.29 Å². The molecule has 4 nitrogen and oxygen atoms in total. The van der Waals surface area contributed by atoms with Crippen LogP contribution in [0.4, 0.5) is 4.79 Å². The number of hydrogen-bond acceptors (Lipinski definition) is 4. The third-order valence-electron chi connectivity index (χ3n) is 4.87. The molecule has 4 rings (SSSR count). The van der Waals surface area contributed by atoms with Gasteiger partial charge in [-0.2, -0.15) is 0 Å². The van der Waals surface area contributed by atoms with E-state index in [0.717, 1.165) is 40.9 Å². The first kappa shape index (κ1) is 16.1. The predicted octanol–water partition coefficient (Wildman–Crippen LogP) is 4.52. The minimum absolute atomic E-state index is 0.0961. The molecule has 0 spiro atoms. The maximum absolute atomic E-state index is 12.6. The van der Waals surface area contributed by atoms with Crippen molar-refractivity contribution in [1.82, 2.24) is 4.90 Å². The van der Waals surface area contributed by atoms with Crippen molar-refractivity contribution in [2.75, 3.05) is 0 Å². The van der Waals surface area contributed by atoms with E-state index in [9.17, 15) is 9.59 Å². The Balaban J connectivity index is 1.45. The Morgan fingerprint density at radius 2 is 2.04 bits per heavy atom. The topological polar surface area (TPSA) is 46.6 Å². The number of fused-ring (bicyclic) bond motifs is 2. The van der Waals surface area contributed by atoms with Gasteiger partial charge in [0.05, 0.1) is 10.9 Å². The highest BCUT2D eigenvalue weighted by molar-refractivity contribution is 7.14. The van der Waals surface area contributed by atoms with E-state index in [1.54, 1.807) is 0 Å². The summed E-state index contributed by atoms with van der Waals surface area (Å²) in [6.07, 6.45) is 5.63. The van der Waals surface area contributed by atoms with Crippen molar-refractivity contribution < 1.29 is 14.3 Å². The van der Waals surface area contributed by atoms with Crippen molar-refractivity contribution in [3.8, 4) is 0 Å². The van der Waals surface area contributed by atoms with Crippen LogP contribution in [0.2, 0.25) is 0 Å². The minimum Gasteiger partial charge on any atom is -0.445 e. The van der Waals surface area contributed by atoms with Gasteiger partial charge in [-0.15, -0.1) is 11.3 Å². The van der Waals surface area contributed by atoms with Crippen LogP contribution in [0.3, 0.4) is 0 Å². The number of hydrogen-bond donors (Lipinski definition) is 0. The Hall–Kier alpha value is -2.40. The molecule has 2 bridgehead atoms. The molecule has 3 heterocycles. The van der Waals surface area contributed by atoms with Gasteiger partial charge in [0.25, 0.3) is 0 Å². The number of rotatable bonds is 4. The van der Waals surface area contributed by atoms with Gasteiger partial charge in [0, 0.05) is 10.9 Å². The monoisotopic (exact) mass is 353 g/mol. The lowest BCUT2D eigenvalue weighted by molar-refractivity contribution is 0.0832. The maximum atomic E-state index is 12.6. The molecule has 1 aromatic heterocycles. The van der Waals surface area contributed by atoms with E-state index in [4.69, 9.17) is 4.74 Å². The van der Waals surface area contributed by atoms with Gasteiger partial charge < -0.3 is 4.74 Å². The lowest BCUT2D eigenvalue weighted by atomic mass is 10.0. The van der Waals surface area contributed by atoms with Gasteiger partial charge in [-0.25, -0.2) is 4.79 Å². The van der Waals surface area contributed by atoms with Crippen LogP contribution >= 0.6 is 11.3 Å². The lowest BCUT2D eigenvalue weighted by Gasteiger charge is -2.33. The summed E-state index contributed by atoms with van der Waals surface area (Å²) in [5, 5.41) is 0. The molecule has 0 N–H and O–H groups in total. The quantitative estimate of drug-likeness (QED) is 0.759. The molecular formula is C20H19NO3S. The second-order valence-electron chi connectivity index (χ2n) is 6.46. The van der Waals surface area contributed by atoms with E-state index in [-0.39, 0.29) is 18.2 Å². The summed E-state index contributed by atoms with van der Waals surface area (Å²) in [5.74, 6) is 0. The van der Waals surface area contributed by atoms with Crippen molar-refractivity contribution in [3.63, 3.8) is 0 Å². The molecule has 2 unspecified atom stereocenters. The van der Waals surface area contributed by atoms with Crippen molar-refractivity contribution in [2.45, 2.75) is 38.0 Å². The zero-order valence-corrected chi connectivity index (χ0v) is 14.6. The smallest absolute Gasteiger partial charge is 0.410 e. The molecule has 2 aliphatic heterocycles. The molecule has 0 radical (unpaired) electrons. The number of thiophene rings is 1. The Labute approximate surface area is 150 Å². The fraction of sp³-hybridized carbons (Fsp3) is 0.300. The highest BCUT2D eigenvalue weighted by Gasteiger charge is 2.40. The van der Waals surface area contributed by atoms with Crippen molar-refractivity contribution in [3.05, 3.63) is 63.9 Å². The Morgan fingerprint density at radius 3 is 2.76 bits per heavy atom. The van der Waals surface area contributed by atoms with Crippen molar-refractivity contribution >= 4 is 29.3 Å². The molecule has 0 saturated carbocycles. The Kier molecular flexibility index (Phi) is 4.40. The standard InChI is InChI=1S/C20H19NO3S/c22-12-18-8-9-19(25-18)15-10-16-6-7-17(11-15)21(16)20(23)24-13-14-4-2-1-3-5-14/h1-5,8-10,12,16-17H,6-7,11,13H2. The first-order valence-electron chi connectivity index (χ1n) is 8.49. The fourth-order valence-electron chi connectivity index (χ4n) is 3.68. The average molecular weight is 353 g/mol. The van der Waals surface area contributed by atoms with Crippen LogP contribution in [0, 0.1) is 0 Å². The first-order valence-corrected chi connectivity index (χ1v) is 9.31. The summed E-state index contributed by atoms with van der Waals surface area (Å²) >= 11 is 1.52. The van der Waals surface area contributed by atoms with Crippen LogP contribution in [-0.4, -0.2) is 29.4 Å². The summed E-state index contributed by atoms with van der Waals surface area (Å²) in [5.41, 5.74) is 2.24. The second-order valence-corrected chi connectivity index (χ2v) is 7.58. The number of carbonyl (C=O) groups excluding carboxylic acids is 2. The number of carbonyl (C=O) groups is 2. The zero-order valence-electron chi connectivity index (χ0n) is 13.8. The van der Waals surface area contributed by atoms with Gasteiger partial charge in [0.1, 0.15) is 6.61 Å². The van der Waals surface area contributed by atoms with Crippen LogP contribution < -0.4 is 0 Å². The Morgan fingerprint density at radius 1 is 1.20 bits per heavy atom. The minimum atomic E-state index is -0.230. The molecule has 1 aromatic carbocycles. The highest BCUT2D eigenvalue weighted by atomic mass is 32.1. The molecule has 2 aromatic rings. The lowest BCUT2D eigenvalue weighted by Crippen LogP contribution is -2.43. The number of amides is 1. The molecule has 128 valence electrons. The molecule has 1 saturated heterocycles. The number of nitrogens with zero attached hydrogens (tertiary/aromatic N) is 1. The summed E-state index contributed by atoms with van der Waals surface area (Å²) in [7, 11) is 0. The van der Waals surface area contributed by atoms with Crippen molar-refractivity contribution in [2.24, 2.45) is 0 Å². The SMILES string of the molecule is O=Cc1ccc(C2=CC3CCC(C2)N3C(=O)OCc2ccccc2)s1. The molecule has 2 atom stereocenters. The molecule has 1 fully saturated rings. The Bertz CT molecular complexity index is 811. The molecule has 25 heavy (non-hydrogen) atoms. The van der Waals surface area contributed by atoms with E-state index in [0.29, 0.717) is 6.61 Å². The second kappa shape index (κ2) is 6.84. The molecule has 1 amide bonds. The summed E-state index contributed by atoms with van der Waals surface area (Å²) in [6.45, 7) is 0.305. The van der Waals surface area contributed by atoms with E-state index < -0.39 is 0 Å². The molecule has 0 aliphatic carbocycles. The number of aldehydes is 1. The van der Waals surface area contributed by atoms with E-state index in [2.05, 4.69) is 6.08 Å². The van der Waals surface area contributed by atoms with Crippen LogP contribution in [0.1, 0.15) is 39.4 Å². The van der Waals surface area contributed by atoms with Gasteiger partial charge in [-0.05, 0) is 42.5 Å². The van der Waals surface area contributed by atoms with Gasteiger partial charge in [0.2, 0.25) is 0 Å². The molecule has 2 aliphatic rings. The largest absolute Gasteiger partial charge is 0.445 e. The third-order valence-corrected chi connectivity index (χ3v) is 5.96. The van der Waals surface area contributed by atoms with Crippen LogP contribution in [0.25, 0.3) is 5.57 Å². The maximum Gasteiger partial charge on any atom is 0.410 e. The number of ether oxygens (including phenoxy) is 1. The van der Waals surface area contributed by atoms with Crippen LogP contribution in [0.5, 0.6) is 0 Å². The van der Waals surface area contributed by atoms with E-state index >= 15 is 0 Å². The molecular weight excluding hydrogens is 334 g/mol. The van der Waals surface area contributed by atoms with Gasteiger partial charge >= 0.3 is 6.09 Å². The van der Waals surface area contributed by atoms with Crippen LogP contribution in [-0.2, 0) is 11.3 Å². The first-order chi connectivity index (χ1) is 12.2. The fourth-order valence-corrected chi connectivity index (χ4v) is 4.54. The van der Waals surface area contributed by atoms with Crippen molar-refractivity contribution in [1.29, 1.82) is 0 Å². The zero-order chi connectivity index (χ0) is 17.2. The average Bonchev–Trinajstić information content (AvgIpc) is 3.23. The number of benzene rings is 1. The van der Waals surface area contributed by atoms with Crippen LogP contribution in [0.15, 0.2) is 48.5 Å². The van der Waals surface area contributed by atoms with E-state index in [1.165, 1.54) is 16.9 Å². The van der Waals surface area contributed by atoms with Gasteiger partial charge in [-0.3, -0.25) is 9.69 Å². The predicted molar refractivity (Wildman–Crippen MR) is 97.6 cm³/mol. The highest BCUT2D eigenvalue weighted by Crippen LogP contribution is 2.40.